The van der Waals surface area contributed by atoms with Gasteiger partial charge in [0.15, 0.2) is 0 Å². The van der Waals surface area contributed by atoms with Gasteiger partial charge in [0, 0.05) is 13.1 Å². The van der Waals surface area contributed by atoms with Crippen LogP contribution >= 0.6 is 0 Å². The van der Waals surface area contributed by atoms with Gasteiger partial charge in [0.25, 0.3) is 0 Å². The summed E-state index contributed by atoms with van der Waals surface area (Å²) in [6.45, 7) is 2.82. The normalized spacial score (nSPS) is 17.9. The van der Waals surface area contributed by atoms with Crippen molar-refractivity contribution in [2.75, 3.05) is 17.8 Å². The van der Waals surface area contributed by atoms with E-state index in [0.29, 0.717) is 18.7 Å². The van der Waals surface area contributed by atoms with E-state index in [1.807, 2.05) is 0 Å². The van der Waals surface area contributed by atoms with Gasteiger partial charge in [0.2, 0.25) is 0 Å². The fourth-order valence-corrected chi connectivity index (χ4v) is 3.54. The average molecular weight is 284 g/mol. The molecule has 0 atom stereocenters. The van der Waals surface area contributed by atoms with E-state index in [4.69, 9.17) is 0 Å². The van der Waals surface area contributed by atoms with Crippen LogP contribution in [0, 0.1) is 6.92 Å². The van der Waals surface area contributed by atoms with Crippen molar-refractivity contribution in [3.63, 3.8) is 0 Å². The second-order valence-corrected chi connectivity index (χ2v) is 6.56. The summed E-state index contributed by atoms with van der Waals surface area (Å²) in [6, 6.07) is 5.02. The van der Waals surface area contributed by atoms with E-state index in [1.54, 1.807) is 25.1 Å². The summed E-state index contributed by atoms with van der Waals surface area (Å²) in [6.07, 6.45) is 3.92. The molecule has 2 N–H and O–H groups in total. The Bertz CT molecular complexity index is 535. The molecule has 1 aromatic carbocycles. The molecule has 2 rings (SSSR count). The first-order chi connectivity index (χ1) is 9.00. The zero-order valence-electron chi connectivity index (χ0n) is 11.1. The van der Waals surface area contributed by atoms with Crippen molar-refractivity contribution in [1.82, 2.24) is 4.31 Å². The molecule has 1 saturated heterocycles. The predicted molar refractivity (Wildman–Crippen MR) is 75.4 cm³/mol. The van der Waals surface area contributed by atoms with E-state index >= 15 is 0 Å². The van der Waals surface area contributed by atoms with Crippen molar-refractivity contribution in [2.24, 2.45) is 0 Å². The Morgan fingerprint density at radius 2 is 1.79 bits per heavy atom. The highest BCUT2D eigenvalue weighted by molar-refractivity contribution is 7.90. The molecule has 1 aliphatic heterocycles. The number of phenols is 1. The largest absolute Gasteiger partial charge is 0.505 e. The number of nitrogens with one attached hydrogen (secondary N) is 1. The van der Waals surface area contributed by atoms with Gasteiger partial charge in [-0.1, -0.05) is 25.0 Å². The van der Waals surface area contributed by atoms with Gasteiger partial charge in [-0.3, -0.25) is 4.72 Å². The number of para-hydroxylation sites is 1. The lowest BCUT2D eigenvalue weighted by molar-refractivity contribution is 0.427. The molecular formula is C13H20N2O3S. The lowest BCUT2D eigenvalue weighted by Crippen LogP contribution is -2.36. The molecule has 0 amide bonds. The van der Waals surface area contributed by atoms with E-state index < -0.39 is 10.2 Å². The molecule has 0 unspecified atom stereocenters. The fourth-order valence-electron chi connectivity index (χ4n) is 2.23. The van der Waals surface area contributed by atoms with Crippen LogP contribution in [0.1, 0.15) is 31.2 Å². The monoisotopic (exact) mass is 284 g/mol. The number of hydrogen-bond donors (Lipinski definition) is 2. The summed E-state index contributed by atoms with van der Waals surface area (Å²) in [5.74, 6) is -0.0131. The molecule has 1 aromatic rings. The fraction of sp³-hybridized carbons (Fsp3) is 0.538. The molecule has 5 nitrogen and oxygen atoms in total. The Balaban J connectivity index is 2.18. The molecule has 1 heterocycles. The van der Waals surface area contributed by atoms with Crippen LogP contribution in [0.3, 0.4) is 0 Å². The molecular weight excluding hydrogens is 264 g/mol. The van der Waals surface area contributed by atoms with E-state index in [2.05, 4.69) is 4.72 Å². The minimum Gasteiger partial charge on any atom is -0.505 e. The minimum absolute atomic E-state index is 0.0131. The summed E-state index contributed by atoms with van der Waals surface area (Å²) >= 11 is 0. The summed E-state index contributed by atoms with van der Waals surface area (Å²) < 4.78 is 28.5. The van der Waals surface area contributed by atoms with Crippen molar-refractivity contribution in [3.05, 3.63) is 23.8 Å². The van der Waals surface area contributed by atoms with Gasteiger partial charge < -0.3 is 5.11 Å². The van der Waals surface area contributed by atoms with Crippen LogP contribution in [0.25, 0.3) is 0 Å². The first-order valence-corrected chi connectivity index (χ1v) is 8.01. The number of phenolic OH excluding ortho intramolecular Hbond substituents is 1. The van der Waals surface area contributed by atoms with Crippen LogP contribution in [0.5, 0.6) is 5.75 Å². The van der Waals surface area contributed by atoms with Crippen molar-refractivity contribution in [1.29, 1.82) is 0 Å². The Kier molecular flexibility index (Phi) is 4.31. The van der Waals surface area contributed by atoms with Crippen LogP contribution in [0.15, 0.2) is 18.2 Å². The van der Waals surface area contributed by atoms with Gasteiger partial charge in [-0.15, -0.1) is 0 Å². The maximum atomic E-state index is 12.3. The molecule has 19 heavy (non-hydrogen) atoms. The highest BCUT2D eigenvalue weighted by atomic mass is 32.2. The summed E-state index contributed by atoms with van der Waals surface area (Å²) in [5, 5.41) is 9.87. The van der Waals surface area contributed by atoms with Gasteiger partial charge in [0.1, 0.15) is 5.75 Å². The van der Waals surface area contributed by atoms with E-state index in [-0.39, 0.29) is 11.4 Å². The van der Waals surface area contributed by atoms with Gasteiger partial charge in [0.05, 0.1) is 5.69 Å². The predicted octanol–water partition coefficient (Wildman–Crippen LogP) is 2.23. The average Bonchev–Trinajstić information content (AvgIpc) is 2.64. The third-order valence-electron chi connectivity index (χ3n) is 3.38. The van der Waals surface area contributed by atoms with Crippen LogP contribution in [-0.4, -0.2) is 30.9 Å². The first-order valence-electron chi connectivity index (χ1n) is 6.57. The van der Waals surface area contributed by atoms with Gasteiger partial charge in [-0.05, 0) is 31.4 Å². The minimum atomic E-state index is -3.58. The highest BCUT2D eigenvalue weighted by Gasteiger charge is 2.23. The van der Waals surface area contributed by atoms with E-state index in [1.165, 1.54) is 4.31 Å². The lowest BCUT2D eigenvalue weighted by Gasteiger charge is -2.21. The quantitative estimate of drug-likeness (QED) is 0.836. The number of anilines is 1. The third kappa shape index (κ3) is 3.39. The van der Waals surface area contributed by atoms with Crippen molar-refractivity contribution in [3.8, 4) is 5.75 Å². The number of rotatable bonds is 3. The van der Waals surface area contributed by atoms with E-state index in [0.717, 1.165) is 25.7 Å². The maximum Gasteiger partial charge on any atom is 0.301 e. The molecule has 6 heteroatoms. The Hall–Kier alpha value is -1.27. The Morgan fingerprint density at radius 3 is 2.42 bits per heavy atom. The van der Waals surface area contributed by atoms with Gasteiger partial charge >= 0.3 is 10.2 Å². The molecule has 0 radical (unpaired) electrons. The molecule has 0 spiro atoms. The summed E-state index contributed by atoms with van der Waals surface area (Å²) in [4.78, 5) is 0. The van der Waals surface area contributed by atoms with E-state index in [9.17, 15) is 13.5 Å². The highest BCUT2D eigenvalue weighted by Crippen LogP contribution is 2.28. The maximum absolute atomic E-state index is 12.3. The molecule has 0 saturated carbocycles. The topological polar surface area (TPSA) is 69.6 Å². The van der Waals surface area contributed by atoms with Crippen molar-refractivity contribution >= 4 is 15.9 Å². The Labute approximate surface area is 114 Å². The number of aromatic hydroxyl groups is 1. The van der Waals surface area contributed by atoms with Crippen LogP contribution in [0.4, 0.5) is 5.69 Å². The lowest BCUT2D eigenvalue weighted by atomic mass is 10.2. The zero-order chi connectivity index (χ0) is 13.9. The van der Waals surface area contributed by atoms with Crippen LogP contribution in [0.2, 0.25) is 0 Å². The van der Waals surface area contributed by atoms with Gasteiger partial charge in [-0.25, -0.2) is 0 Å². The summed E-state index contributed by atoms with van der Waals surface area (Å²) in [5.41, 5.74) is 0.889. The molecule has 106 valence electrons. The second-order valence-electron chi connectivity index (χ2n) is 4.89. The van der Waals surface area contributed by atoms with Crippen LogP contribution in [-0.2, 0) is 10.2 Å². The molecule has 0 aliphatic carbocycles. The zero-order valence-corrected chi connectivity index (χ0v) is 11.9. The number of benzene rings is 1. The van der Waals surface area contributed by atoms with Crippen molar-refractivity contribution in [2.45, 2.75) is 32.6 Å². The van der Waals surface area contributed by atoms with Gasteiger partial charge in [-0.2, -0.15) is 12.7 Å². The summed E-state index contributed by atoms with van der Waals surface area (Å²) in [7, 11) is -3.58. The Morgan fingerprint density at radius 1 is 1.16 bits per heavy atom. The molecule has 0 aromatic heterocycles. The number of nitrogens with zero attached hydrogens (tertiary/aromatic N) is 1. The molecule has 1 fully saturated rings. The standard InChI is InChI=1S/C13H20N2O3S/c1-11-7-6-8-12(13(11)16)14-19(17,18)15-9-4-2-3-5-10-15/h6-8,14,16H,2-5,9-10H2,1H3. The van der Waals surface area contributed by atoms with Crippen molar-refractivity contribution < 1.29 is 13.5 Å². The SMILES string of the molecule is Cc1cccc(NS(=O)(=O)N2CCCCCC2)c1O. The number of hydrogen-bond acceptors (Lipinski definition) is 3. The third-order valence-corrected chi connectivity index (χ3v) is 4.90. The van der Waals surface area contributed by atoms with Crippen LogP contribution < -0.4 is 4.72 Å². The molecule has 0 bridgehead atoms. The molecule has 1 aliphatic rings. The second kappa shape index (κ2) is 5.79. The number of aryl methyl sites for hydroxylation is 1. The smallest absolute Gasteiger partial charge is 0.301 e. The first kappa shape index (κ1) is 14.1.